The molecule has 0 amide bonds. The zero-order valence-corrected chi connectivity index (χ0v) is 8.84. The molecule has 0 rings (SSSR count). The summed E-state index contributed by atoms with van der Waals surface area (Å²) in [7, 11) is 0. The molecule has 0 bridgehead atoms. The number of hydrogen-bond donors (Lipinski definition) is 0. The number of rotatable bonds is 2. The number of allylic oxidation sites excluding steroid dienone is 4. The van der Waals surface area contributed by atoms with Crippen LogP contribution >= 0.6 is 0 Å². The SMILES string of the molecule is FC(=CC(F)(F)F)C(F)F.FC(=CC(F)(F)F)C(F)F. The maximum Gasteiger partial charge on any atom is 0.412 e. The summed E-state index contributed by atoms with van der Waals surface area (Å²) in [5.74, 6) is -4.93. The second-order valence-electron chi connectivity index (χ2n) is 2.74. The van der Waals surface area contributed by atoms with Crippen molar-refractivity contribution >= 4 is 0 Å². The molecule has 0 aliphatic heterocycles. The van der Waals surface area contributed by atoms with Gasteiger partial charge in [-0.2, -0.15) is 26.3 Å². The molecule has 20 heavy (non-hydrogen) atoms. The van der Waals surface area contributed by atoms with Crippen LogP contribution in [0.4, 0.5) is 52.7 Å². The molecule has 0 saturated heterocycles. The first kappa shape index (κ1) is 20.9. The second-order valence-corrected chi connectivity index (χ2v) is 2.74. The Kier molecular flexibility index (Phi) is 8.43. The third-order valence-electron chi connectivity index (χ3n) is 1.02. The Labute approximate surface area is 103 Å². The first-order valence-electron chi connectivity index (χ1n) is 4.12. The Hall–Kier alpha value is -1.36. The lowest BCUT2D eigenvalue weighted by molar-refractivity contribution is -0.0838. The van der Waals surface area contributed by atoms with Gasteiger partial charge in [-0.05, 0) is 0 Å². The molecular weight excluding hydrogens is 324 g/mol. The summed E-state index contributed by atoms with van der Waals surface area (Å²) in [6.45, 7) is 0. The minimum absolute atomic E-state index is 1.07. The Morgan fingerprint density at radius 3 is 0.850 bits per heavy atom. The highest BCUT2D eigenvalue weighted by atomic mass is 19.4. The Balaban J connectivity index is 0. The van der Waals surface area contributed by atoms with Crippen molar-refractivity contribution in [1.29, 1.82) is 0 Å². The van der Waals surface area contributed by atoms with Crippen LogP contribution < -0.4 is 0 Å². The normalized spacial score (nSPS) is 14.5. The van der Waals surface area contributed by atoms with Gasteiger partial charge in [0.25, 0.3) is 12.9 Å². The quantitative estimate of drug-likeness (QED) is 0.601. The van der Waals surface area contributed by atoms with E-state index in [4.69, 9.17) is 0 Å². The van der Waals surface area contributed by atoms with E-state index in [1.54, 1.807) is 0 Å². The van der Waals surface area contributed by atoms with Gasteiger partial charge in [-0.1, -0.05) is 0 Å². The smallest absolute Gasteiger partial charge is 0.205 e. The van der Waals surface area contributed by atoms with Crippen molar-refractivity contribution in [3.8, 4) is 0 Å². The van der Waals surface area contributed by atoms with E-state index in [0.29, 0.717) is 0 Å². The largest absolute Gasteiger partial charge is 0.412 e. The molecule has 0 N–H and O–H groups in total. The summed E-state index contributed by atoms with van der Waals surface area (Å²) in [6, 6.07) is 0. The van der Waals surface area contributed by atoms with Gasteiger partial charge in [0.2, 0.25) is 0 Å². The minimum Gasteiger partial charge on any atom is -0.205 e. The van der Waals surface area contributed by atoms with Crippen molar-refractivity contribution in [2.45, 2.75) is 25.2 Å². The molecule has 0 fully saturated rings. The molecular formula is C8H4F12. The average Bonchev–Trinajstić information content (AvgIpc) is 2.12. The van der Waals surface area contributed by atoms with Crippen LogP contribution in [0.25, 0.3) is 0 Å². The van der Waals surface area contributed by atoms with Crippen molar-refractivity contribution in [3.05, 3.63) is 23.8 Å². The fourth-order valence-corrected chi connectivity index (χ4v) is 0.439. The van der Waals surface area contributed by atoms with Gasteiger partial charge in [0.15, 0.2) is 11.7 Å². The molecule has 0 aliphatic carbocycles. The van der Waals surface area contributed by atoms with Gasteiger partial charge in [-0.3, -0.25) is 0 Å². The lowest BCUT2D eigenvalue weighted by Crippen LogP contribution is -2.05. The first-order valence-corrected chi connectivity index (χ1v) is 4.12. The third-order valence-corrected chi connectivity index (χ3v) is 1.02. The highest BCUT2D eigenvalue weighted by Gasteiger charge is 2.28. The highest BCUT2D eigenvalue weighted by molar-refractivity contribution is 4.99. The zero-order chi connectivity index (χ0) is 16.7. The summed E-state index contributed by atoms with van der Waals surface area (Å²) < 4.78 is 133. The molecule has 0 aromatic rings. The minimum atomic E-state index is -5.01. The Morgan fingerprint density at radius 2 is 0.800 bits per heavy atom. The molecule has 0 aromatic heterocycles. The molecule has 0 spiro atoms. The molecule has 12 heteroatoms. The van der Waals surface area contributed by atoms with E-state index in [0.717, 1.165) is 0 Å². The molecule has 0 aliphatic rings. The van der Waals surface area contributed by atoms with E-state index in [9.17, 15) is 52.7 Å². The summed E-state index contributed by atoms with van der Waals surface area (Å²) >= 11 is 0. The predicted octanol–water partition coefficient (Wildman–Crippen LogP) is 5.33. The van der Waals surface area contributed by atoms with Crippen LogP contribution in [-0.2, 0) is 0 Å². The van der Waals surface area contributed by atoms with Gasteiger partial charge in [0.05, 0.1) is 12.2 Å². The molecule has 0 nitrogen and oxygen atoms in total. The van der Waals surface area contributed by atoms with Crippen molar-refractivity contribution in [3.63, 3.8) is 0 Å². The maximum atomic E-state index is 11.4. The Morgan fingerprint density at radius 1 is 0.600 bits per heavy atom. The van der Waals surface area contributed by atoms with E-state index in [1.807, 2.05) is 0 Å². The maximum absolute atomic E-state index is 11.4. The van der Waals surface area contributed by atoms with Gasteiger partial charge >= 0.3 is 12.4 Å². The molecule has 0 saturated carbocycles. The molecule has 0 unspecified atom stereocenters. The lowest BCUT2D eigenvalue weighted by atomic mass is 10.5. The summed E-state index contributed by atoms with van der Waals surface area (Å²) in [4.78, 5) is 0. The van der Waals surface area contributed by atoms with Gasteiger partial charge in [0, 0.05) is 0 Å². The van der Waals surface area contributed by atoms with Crippen LogP contribution in [0, 0.1) is 0 Å². The molecule has 0 heterocycles. The van der Waals surface area contributed by atoms with Crippen molar-refractivity contribution in [2.24, 2.45) is 0 Å². The number of hydrogen-bond acceptors (Lipinski definition) is 0. The van der Waals surface area contributed by atoms with Crippen LogP contribution in [0.1, 0.15) is 0 Å². The third kappa shape index (κ3) is 14.7. The van der Waals surface area contributed by atoms with Crippen LogP contribution in [0.5, 0.6) is 0 Å². The van der Waals surface area contributed by atoms with Gasteiger partial charge in [-0.25, -0.2) is 26.3 Å². The highest BCUT2D eigenvalue weighted by Crippen LogP contribution is 2.22. The van der Waals surface area contributed by atoms with E-state index in [1.165, 1.54) is 0 Å². The summed E-state index contributed by atoms with van der Waals surface area (Å²) in [5, 5.41) is 0. The van der Waals surface area contributed by atoms with Crippen LogP contribution in [0.3, 0.4) is 0 Å². The van der Waals surface area contributed by atoms with Gasteiger partial charge in [0.1, 0.15) is 0 Å². The zero-order valence-electron chi connectivity index (χ0n) is 8.84. The Bertz CT molecular complexity index is 296. The van der Waals surface area contributed by atoms with E-state index >= 15 is 0 Å². The first-order chi connectivity index (χ1) is 8.65. The fourth-order valence-electron chi connectivity index (χ4n) is 0.439. The number of halogens is 12. The van der Waals surface area contributed by atoms with Crippen LogP contribution in [0.15, 0.2) is 23.8 Å². The monoisotopic (exact) mass is 328 g/mol. The van der Waals surface area contributed by atoms with Crippen molar-refractivity contribution in [1.82, 2.24) is 0 Å². The van der Waals surface area contributed by atoms with Crippen LogP contribution in [0.2, 0.25) is 0 Å². The molecule has 0 atom stereocenters. The van der Waals surface area contributed by atoms with Crippen LogP contribution in [-0.4, -0.2) is 25.2 Å². The van der Waals surface area contributed by atoms with Crippen molar-refractivity contribution in [2.75, 3.05) is 0 Å². The van der Waals surface area contributed by atoms with E-state index in [-0.39, 0.29) is 0 Å². The molecule has 0 aromatic carbocycles. The van der Waals surface area contributed by atoms with E-state index in [2.05, 4.69) is 0 Å². The summed E-state index contributed by atoms with van der Waals surface area (Å²) in [5.41, 5.74) is 0. The topological polar surface area (TPSA) is 0 Å². The summed E-state index contributed by atoms with van der Waals surface area (Å²) in [6.07, 6.45) is -19.6. The number of alkyl halides is 10. The predicted molar refractivity (Wildman–Crippen MR) is 42.5 cm³/mol. The van der Waals surface area contributed by atoms with E-state index < -0.39 is 49.0 Å². The second kappa shape index (κ2) is 8.04. The lowest BCUT2D eigenvalue weighted by Gasteiger charge is -1.98. The van der Waals surface area contributed by atoms with Crippen molar-refractivity contribution < 1.29 is 52.7 Å². The fraction of sp³-hybridized carbons (Fsp3) is 0.500. The standard InChI is InChI=1S/2C4H2F6/c2*5-2(3(6)7)1-4(8,9)10/h2*1,3H. The van der Waals surface area contributed by atoms with Gasteiger partial charge < -0.3 is 0 Å². The van der Waals surface area contributed by atoms with Gasteiger partial charge in [-0.15, -0.1) is 0 Å². The molecule has 120 valence electrons. The average molecular weight is 328 g/mol. The molecule has 0 radical (unpaired) electrons.